The topological polar surface area (TPSA) is 39.7 Å². The number of nitrogens with zero attached hydrogens (tertiary/aromatic N) is 2. The van der Waals surface area contributed by atoms with E-state index in [2.05, 4.69) is 65.1 Å². The molecular formula is C14H25IN4S. The van der Waals surface area contributed by atoms with Crippen LogP contribution in [0.4, 0.5) is 5.69 Å². The molecule has 0 aliphatic heterocycles. The Labute approximate surface area is 143 Å². The number of rotatable bonds is 6. The molecule has 0 spiro atoms. The molecule has 0 radical (unpaired) electrons. The smallest absolute Gasteiger partial charge is 0.191 e. The Morgan fingerprint density at radius 3 is 2.65 bits per heavy atom. The van der Waals surface area contributed by atoms with Crippen molar-refractivity contribution in [2.75, 3.05) is 44.6 Å². The second-order valence-electron chi connectivity index (χ2n) is 4.41. The Morgan fingerprint density at radius 1 is 1.30 bits per heavy atom. The standard InChI is InChI=1S/C14H24N4S.HI/c1-15-14(16-8-9-19-4)17-11-12-6-5-7-13(10-12)18(2)3;/h5-7,10H,8-9,11H2,1-4H3,(H2,15,16,17);1H. The van der Waals surface area contributed by atoms with E-state index >= 15 is 0 Å². The number of anilines is 1. The van der Waals surface area contributed by atoms with Crippen molar-refractivity contribution in [3.63, 3.8) is 0 Å². The zero-order chi connectivity index (χ0) is 14.1. The van der Waals surface area contributed by atoms with E-state index in [4.69, 9.17) is 0 Å². The molecule has 0 bridgehead atoms. The number of aliphatic imine (C=N–C) groups is 1. The maximum atomic E-state index is 4.21. The monoisotopic (exact) mass is 408 g/mol. The third-order valence-corrected chi connectivity index (χ3v) is 3.32. The zero-order valence-electron chi connectivity index (χ0n) is 12.6. The third kappa shape index (κ3) is 7.23. The lowest BCUT2D eigenvalue weighted by Gasteiger charge is -2.15. The summed E-state index contributed by atoms with van der Waals surface area (Å²) in [6.45, 7) is 1.71. The van der Waals surface area contributed by atoms with Gasteiger partial charge in [-0.2, -0.15) is 11.8 Å². The van der Waals surface area contributed by atoms with E-state index in [-0.39, 0.29) is 24.0 Å². The first-order valence-electron chi connectivity index (χ1n) is 6.37. The molecule has 0 aliphatic rings. The lowest BCUT2D eigenvalue weighted by atomic mass is 10.2. The molecule has 0 amide bonds. The van der Waals surface area contributed by atoms with Gasteiger partial charge in [0.1, 0.15) is 0 Å². The van der Waals surface area contributed by atoms with Crippen LogP contribution >= 0.6 is 35.7 Å². The lowest BCUT2D eigenvalue weighted by molar-refractivity contribution is 0.832. The van der Waals surface area contributed by atoms with Crippen molar-refractivity contribution in [1.82, 2.24) is 10.6 Å². The van der Waals surface area contributed by atoms with Crippen LogP contribution in [0.3, 0.4) is 0 Å². The van der Waals surface area contributed by atoms with Crippen LogP contribution in [-0.2, 0) is 6.54 Å². The van der Waals surface area contributed by atoms with Gasteiger partial charge in [0.05, 0.1) is 0 Å². The molecule has 114 valence electrons. The molecule has 1 rings (SSSR count). The maximum Gasteiger partial charge on any atom is 0.191 e. The van der Waals surface area contributed by atoms with Crippen LogP contribution in [0.15, 0.2) is 29.3 Å². The van der Waals surface area contributed by atoms with Gasteiger partial charge in [0.25, 0.3) is 0 Å². The van der Waals surface area contributed by atoms with Gasteiger partial charge in [0, 0.05) is 45.7 Å². The molecule has 6 heteroatoms. The third-order valence-electron chi connectivity index (χ3n) is 2.71. The number of nitrogens with one attached hydrogen (secondary N) is 2. The second-order valence-corrected chi connectivity index (χ2v) is 5.40. The summed E-state index contributed by atoms with van der Waals surface area (Å²) in [5.41, 5.74) is 2.46. The first-order valence-corrected chi connectivity index (χ1v) is 7.76. The van der Waals surface area contributed by atoms with Crippen LogP contribution in [0.2, 0.25) is 0 Å². The highest BCUT2D eigenvalue weighted by Gasteiger charge is 2.00. The highest BCUT2D eigenvalue weighted by atomic mass is 127. The molecular weight excluding hydrogens is 383 g/mol. The van der Waals surface area contributed by atoms with Gasteiger partial charge in [-0.25, -0.2) is 0 Å². The molecule has 0 aromatic heterocycles. The van der Waals surface area contributed by atoms with E-state index in [1.807, 2.05) is 11.8 Å². The molecule has 4 nitrogen and oxygen atoms in total. The summed E-state index contributed by atoms with van der Waals surface area (Å²) in [5.74, 6) is 1.93. The second kappa shape index (κ2) is 11.1. The Hall–Kier alpha value is -0.630. The predicted molar refractivity (Wildman–Crippen MR) is 103 cm³/mol. The molecule has 20 heavy (non-hydrogen) atoms. The fourth-order valence-corrected chi connectivity index (χ4v) is 1.93. The molecule has 1 aromatic rings. The van der Waals surface area contributed by atoms with E-state index < -0.39 is 0 Å². The summed E-state index contributed by atoms with van der Waals surface area (Å²) in [6, 6.07) is 8.49. The van der Waals surface area contributed by atoms with Crippen LogP contribution in [0, 0.1) is 0 Å². The van der Waals surface area contributed by atoms with Crippen molar-refractivity contribution < 1.29 is 0 Å². The van der Waals surface area contributed by atoms with Gasteiger partial charge in [0.2, 0.25) is 0 Å². The highest BCUT2D eigenvalue weighted by molar-refractivity contribution is 14.0. The highest BCUT2D eigenvalue weighted by Crippen LogP contribution is 2.12. The van der Waals surface area contributed by atoms with Gasteiger partial charge >= 0.3 is 0 Å². The molecule has 0 aliphatic carbocycles. The number of guanidine groups is 1. The van der Waals surface area contributed by atoms with Gasteiger partial charge in [0.15, 0.2) is 5.96 Å². The quantitative estimate of drug-likeness (QED) is 0.328. The molecule has 0 saturated carbocycles. The van der Waals surface area contributed by atoms with Gasteiger partial charge < -0.3 is 15.5 Å². The summed E-state index contributed by atoms with van der Waals surface area (Å²) in [6.07, 6.45) is 2.10. The zero-order valence-corrected chi connectivity index (χ0v) is 15.8. The molecule has 0 atom stereocenters. The van der Waals surface area contributed by atoms with Crippen LogP contribution in [0.5, 0.6) is 0 Å². The number of hydrogen-bond donors (Lipinski definition) is 2. The van der Waals surface area contributed by atoms with Crippen LogP contribution < -0.4 is 15.5 Å². The first kappa shape index (κ1) is 19.4. The Bertz CT molecular complexity index is 410. The van der Waals surface area contributed by atoms with Crippen molar-refractivity contribution in [1.29, 1.82) is 0 Å². The normalized spacial score (nSPS) is 10.7. The molecule has 0 saturated heterocycles. The van der Waals surface area contributed by atoms with E-state index in [9.17, 15) is 0 Å². The van der Waals surface area contributed by atoms with Gasteiger partial charge in [-0.05, 0) is 24.0 Å². The summed E-state index contributed by atoms with van der Waals surface area (Å²) < 4.78 is 0. The minimum Gasteiger partial charge on any atom is -0.378 e. The Kier molecular flexibility index (Phi) is 10.7. The minimum atomic E-state index is 0. The molecule has 2 N–H and O–H groups in total. The van der Waals surface area contributed by atoms with Gasteiger partial charge in [-0.15, -0.1) is 24.0 Å². The fourth-order valence-electron chi connectivity index (χ4n) is 1.62. The number of halogens is 1. The van der Waals surface area contributed by atoms with E-state index in [0.29, 0.717) is 0 Å². The Morgan fingerprint density at radius 2 is 2.05 bits per heavy atom. The van der Waals surface area contributed by atoms with Crippen molar-refractivity contribution in [2.24, 2.45) is 4.99 Å². The average molecular weight is 408 g/mol. The van der Waals surface area contributed by atoms with E-state index in [0.717, 1.165) is 24.8 Å². The largest absolute Gasteiger partial charge is 0.378 e. The predicted octanol–water partition coefficient (Wildman–Crippen LogP) is 2.40. The van der Waals surface area contributed by atoms with Crippen molar-refractivity contribution in [3.8, 4) is 0 Å². The molecule has 0 fully saturated rings. The SMILES string of the molecule is CN=C(NCCSC)NCc1cccc(N(C)C)c1.I. The molecule has 1 aromatic carbocycles. The summed E-state index contributed by atoms with van der Waals surface area (Å²) in [4.78, 5) is 6.31. The van der Waals surface area contributed by atoms with Crippen LogP contribution in [0.25, 0.3) is 0 Å². The van der Waals surface area contributed by atoms with Crippen LogP contribution in [-0.4, -0.2) is 45.7 Å². The van der Waals surface area contributed by atoms with Crippen molar-refractivity contribution >= 4 is 47.4 Å². The van der Waals surface area contributed by atoms with Gasteiger partial charge in [-0.3, -0.25) is 4.99 Å². The Balaban J connectivity index is 0.00000361. The summed E-state index contributed by atoms with van der Waals surface area (Å²) in [5, 5.41) is 6.61. The first-order chi connectivity index (χ1) is 9.17. The summed E-state index contributed by atoms with van der Waals surface area (Å²) >= 11 is 1.82. The molecule has 0 unspecified atom stereocenters. The summed E-state index contributed by atoms with van der Waals surface area (Å²) in [7, 11) is 5.90. The number of benzene rings is 1. The fraction of sp³-hybridized carbons (Fsp3) is 0.500. The minimum absolute atomic E-state index is 0. The average Bonchev–Trinajstić information content (AvgIpc) is 2.43. The van der Waals surface area contributed by atoms with E-state index in [1.54, 1.807) is 7.05 Å². The van der Waals surface area contributed by atoms with Crippen molar-refractivity contribution in [2.45, 2.75) is 6.54 Å². The van der Waals surface area contributed by atoms with Crippen molar-refractivity contribution in [3.05, 3.63) is 29.8 Å². The van der Waals surface area contributed by atoms with Crippen LogP contribution in [0.1, 0.15) is 5.56 Å². The lowest BCUT2D eigenvalue weighted by Crippen LogP contribution is -2.37. The number of thioether (sulfide) groups is 1. The molecule has 0 heterocycles. The number of hydrogen-bond acceptors (Lipinski definition) is 3. The van der Waals surface area contributed by atoms with E-state index in [1.165, 1.54) is 11.3 Å². The van der Waals surface area contributed by atoms with Gasteiger partial charge in [-0.1, -0.05) is 12.1 Å². The maximum absolute atomic E-state index is 4.21.